The van der Waals surface area contributed by atoms with Gasteiger partial charge >= 0.3 is 8.80 Å². The molecule has 1 heterocycles. The summed E-state index contributed by atoms with van der Waals surface area (Å²) in [4.78, 5) is 12.4. The van der Waals surface area contributed by atoms with Crippen molar-refractivity contribution >= 4 is 25.7 Å². The largest absolute Gasteiger partial charge is 0.515 e. The highest BCUT2D eigenvalue weighted by Crippen LogP contribution is 2.34. The van der Waals surface area contributed by atoms with Crippen LogP contribution in [0.5, 0.6) is 0 Å². The van der Waals surface area contributed by atoms with Gasteiger partial charge in [0.1, 0.15) is 0 Å². The zero-order valence-corrected chi connectivity index (χ0v) is 18.8. The third-order valence-electron chi connectivity index (χ3n) is 4.56. The van der Waals surface area contributed by atoms with E-state index in [4.69, 9.17) is 13.3 Å². The van der Waals surface area contributed by atoms with Gasteiger partial charge in [0.05, 0.1) is 11.0 Å². The van der Waals surface area contributed by atoms with Crippen molar-refractivity contribution in [3.8, 4) is 0 Å². The third-order valence-corrected chi connectivity index (χ3v) is 10.0. The predicted octanol–water partition coefficient (Wildman–Crippen LogP) is 4.48. The van der Waals surface area contributed by atoms with Crippen LogP contribution in [-0.4, -0.2) is 49.3 Å². The summed E-state index contributed by atoms with van der Waals surface area (Å²) in [7, 11) is -2.93. The zero-order valence-electron chi connectivity index (χ0n) is 17.0. The molecule has 1 N–H and O–H groups in total. The number of rotatable bonds is 13. The Labute approximate surface area is 164 Å². The number of thioether (sulfide) groups is 1. The molecule has 5 nitrogen and oxygen atoms in total. The Bertz CT molecular complexity index is 396. The molecule has 1 aliphatic heterocycles. The SMILES string of the molecule is CCCCCCCC(=O)SC(CC)[Si]1(OCCC(C)O)OCCC(C)O1. The average Bonchev–Trinajstić information content (AvgIpc) is 2.59. The molecule has 154 valence electrons. The second kappa shape index (κ2) is 13.3. The highest BCUT2D eigenvalue weighted by atomic mass is 32.2. The van der Waals surface area contributed by atoms with E-state index >= 15 is 0 Å². The lowest BCUT2D eigenvalue weighted by Crippen LogP contribution is -2.59. The fourth-order valence-corrected chi connectivity index (χ4v) is 7.96. The number of unbranched alkanes of at least 4 members (excludes halogenated alkanes) is 4. The van der Waals surface area contributed by atoms with E-state index in [1.807, 2.05) is 6.92 Å². The molecule has 1 saturated heterocycles. The van der Waals surface area contributed by atoms with Crippen LogP contribution in [0.2, 0.25) is 0 Å². The van der Waals surface area contributed by atoms with Crippen molar-refractivity contribution in [3.05, 3.63) is 0 Å². The molecule has 7 heteroatoms. The van der Waals surface area contributed by atoms with Crippen molar-refractivity contribution in [2.75, 3.05) is 13.2 Å². The van der Waals surface area contributed by atoms with Crippen LogP contribution in [0.25, 0.3) is 0 Å². The lowest BCUT2D eigenvalue weighted by molar-refractivity contribution is -0.111. The maximum atomic E-state index is 12.5. The molecule has 0 amide bonds. The number of aliphatic hydroxyl groups excluding tert-OH is 1. The van der Waals surface area contributed by atoms with Crippen LogP contribution >= 0.6 is 11.8 Å². The molecule has 0 saturated carbocycles. The van der Waals surface area contributed by atoms with Gasteiger partial charge in [0.2, 0.25) is 0 Å². The first-order chi connectivity index (χ1) is 12.4. The van der Waals surface area contributed by atoms with Crippen molar-refractivity contribution in [2.24, 2.45) is 0 Å². The van der Waals surface area contributed by atoms with Gasteiger partial charge in [-0.15, -0.1) is 0 Å². The van der Waals surface area contributed by atoms with Crippen LogP contribution in [0.1, 0.15) is 85.5 Å². The summed E-state index contributed by atoms with van der Waals surface area (Å²) < 4.78 is 18.4. The van der Waals surface area contributed by atoms with E-state index in [1.165, 1.54) is 31.0 Å². The summed E-state index contributed by atoms with van der Waals surface area (Å²) >= 11 is 1.36. The van der Waals surface area contributed by atoms with Crippen LogP contribution < -0.4 is 0 Å². The maximum Gasteiger partial charge on any atom is 0.515 e. The summed E-state index contributed by atoms with van der Waals surface area (Å²) in [5.74, 6) is 0. The van der Waals surface area contributed by atoms with Gasteiger partial charge in [0, 0.05) is 25.7 Å². The van der Waals surface area contributed by atoms with Gasteiger partial charge in [-0.1, -0.05) is 51.3 Å². The second-order valence-electron chi connectivity index (χ2n) is 7.21. The normalized spacial score (nSPS) is 25.8. The summed E-state index contributed by atoms with van der Waals surface area (Å²) in [6.45, 7) is 9.06. The first kappa shape index (κ1) is 24.1. The first-order valence-electron chi connectivity index (χ1n) is 10.3. The minimum absolute atomic E-state index is 0.0672. The number of hydrogen-bond acceptors (Lipinski definition) is 6. The molecule has 1 fully saturated rings. The molecule has 1 rings (SSSR count). The molecule has 0 bridgehead atoms. The van der Waals surface area contributed by atoms with Crippen molar-refractivity contribution < 1.29 is 23.2 Å². The molecule has 4 atom stereocenters. The van der Waals surface area contributed by atoms with E-state index < -0.39 is 14.9 Å². The van der Waals surface area contributed by atoms with E-state index in [0.29, 0.717) is 26.1 Å². The average molecular weight is 407 g/mol. The first-order valence-corrected chi connectivity index (χ1v) is 12.9. The predicted molar refractivity (Wildman–Crippen MR) is 109 cm³/mol. The van der Waals surface area contributed by atoms with E-state index in [2.05, 4.69) is 13.8 Å². The van der Waals surface area contributed by atoms with Crippen LogP contribution in [-0.2, 0) is 18.1 Å². The Morgan fingerprint density at radius 1 is 1.31 bits per heavy atom. The van der Waals surface area contributed by atoms with Gasteiger partial charge in [-0.25, -0.2) is 0 Å². The monoisotopic (exact) mass is 406 g/mol. The molecule has 0 aliphatic carbocycles. The van der Waals surface area contributed by atoms with Gasteiger partial charge in [-0.2, -0.15) is 0 Å². The number of hydrogen-bond donors (Lipinski definition) is 1. The standard InChI is InChI=1S/C19H38O5SSi/c1-5-7-8-9-10-11-18(21)25-19(6-2)26(22-14-12-16(3)20)23-15-13-17(4)24-26/h16-17,19-20H,5-15H2,1-4H3. The molecular weight excluding hydrogens is 368 g/mol. The van der Waals surface area contributed by atoms with Gasteiger partial charge in [-0.3, -0.25) is 4.79 Å². The Hall–Kier alpha value is 0.0769. The molecule has 0 spiro atoms. The van der Waals surface area contributed by atoms with Crippen molar-refractivity contribution in [1.82, 2.24) is 0 Å². The molecule has 0 aromatic heterocycles. The lowest BCUT2D eigenvalue weighted by atomic mass is 10.1. The molecule has 26 heavy (non-hydrogen) atoms. The number of carbonyl (C=O) groups is 1. The van der Waals surface area contributed by atoms with E-state index in [1.54, 1.807) is 6.92 Å². The van der Waals surface area contributed by atoms with E-state index in [-0.39, 0.29) is 16.1 Å². The smallest absolute Gasteiger partial charge is 0.393 e. The third kappa shape index (κ3) is 8.84. The summed E-state index contributed by atoms with van der Waals surface area (Å²) in [5.41, 5.74) is 0. The molecule has 0 aromatic carbocycles. The lowest BCUT2D eigenvalue weighted by Gasteiger charge is -2.40. The number of carbonyl (C=O) groups excluding carboxylic acids is 1. The summed E-state index contributed by atoms with van der Waals surface area (Å²) in [6.07, 6.45) is 8.18. The molecule has 4 unspecified atom stereocenters. The van der Waals surface area contributed by atoms with Crippen LogP contribution in [0.4, 0.5) is 0 Å². The van der Waals surface area contributed by atoms with Crippen LogP contribution in [0.15, 0.2) is 0 Å². The van der Waals surface area contributed by atoms with E-state index in [0.717, 1.165) is 25.7 Å². The summed E-state index contributed by atoms with van der Waals surface area (Å²) in [6, 6.07) is 0. The van der Waals surface area contributed by atoms with Gasteiger partial charge in [0.25, 0.3) is 0 Å². The second-order valence-corrected chi connectivity index (χ2v) is 11.6. The number of aliphatic hydroxyl groups is 1. The van der Waals surface area contributed by atoms with Gasteiger partial charge in [-0.05, 0) is 39.5 Å². The van der Waals surface area contributed by atoms with Crippen LogP contribution in [0, 0.1) is 0 Å². The van der Waals surface area contributed by atoms with Crippen LogP contribution in [0.3, 0.4) is 0 Å². The molecular formula is C19H38O5SSi. The molecule has 0 aromatic rings. The minimum atomic E-state index is -2.93. The van der Waals surface area contributed by atoms with Crippen molar-refractivity contribution in [1.29, 1.82) is 0 Å². The quantitative estimate of drug-likeness (QED) is 0.359. The fraction of sp³-hybridized carbons (Fsp3) is 0.947. The minimum Gasteiger partial charge on any atom is -0.393 e. The highest BCUT2D eigenvalue weighted by molar-refractivity contribution is 8.15. The Kier molecular flexibility index (Phi) is 12.3. The summed E-state index contributed by atoms with van der Waals surface area (Å²) in [5, 5.41) is 9.72. The van der Waals surface area contributed by atoms with Gasteiger partial charge < -0.3 is 18.4 Å². The molecule has 1 aliphatic rings. The highest BCUT2D eigenvalue weighted by Gasteiger charge is 2.53. The topological polar surface area (TPSA) is 65.0 Å². The maximum absolute atomic E-state index is 12.5. The van der Waals surface area contributed by atoms with Crippen molar-refractivity contribution in [3.63, 3.8) is 0 Å². The Morgan fingerprint density at radius 2 is 2.04 bits per heavy atom. The molecule has 0 radical (unpaired) electrons. The van der Waals surface area contributed by atoms with E-state index in [9.17, 15) is 9.90 Å². The Balaban J connectivity index is 2.61. The van der Waals surface area contributed by atoms with Crippen molar-refractivity contribution in [2.45, 2.75) is 103 Å². The fourth-order valence-electron chi connectivity index (χ4n) is 2.95. The van der Waals surface area contributed by atoms with Gasteiger partial charge in [0.15, 0.2) is 5.12 Å². The Morgan fingerprint density at radius 3 is 2.65 bits per heavy atom. The zero-order chi connectivity index (χ0) is 19.4.